The van der Waals surface area contributed by atoms with E-state index in [0.717, 1.165) is 30.6 Å². The smallest absolute Gasteiger partial charge is 0.157 e. The summed E-state index contributed by atoms with van der Waals surface area (Å²) in [5.41, 5.74) is 0.848. The fourth-order valence-corrected chi connectivity index (χ4v) is 2.53. The monoisotopic (exact) mass is 326 g/mol. The Hall–Kier alpha value is -1.18. The fourth-order valence-electron chi connectivity index (χ4n) is 2.53. The molecule has 0 spiro atoms. The molecule has 1 aliphatic heterocycles. The van der Waals surface area contributed by atoms with E-state index in [0.29, 0.717) is 6.61 Å². The van der Waals surface area contributed by atoms with Crippen molar-refractivity contribution in [1.29, 1.82) is 0 Å². The van der Waals surface area contributed by atoms with E-state index in [2.05, 4.69) is 0 Å². The third-order valence-corrected chi connectivity index (χ3v) is 3.98. The third kappa shape index (κ3) is 5.75. The molecule has 0 bridgehead atoms. The maximum Gasteiger partial charge on any atom is 0.157 e. The van der Waals surface area contributed by atoms with Crippen molar-refractivity contribution in [2.24, 2.45) is 0 Å². The standard InChI is InChI=1S/C17H26O6/c1-21-13-7-5-12(6-8-13)10-14(18)17(20)15(19)11-23-16-4-2-3-9-22-16/h5-8,14-20H,2-4,9-11H2,1H3/t14-,15+,16?,17-/m1/s1. The first kappa shape index (κ1) is 18.2. The molecule has 1 fully saturated rings. The van der Waals surface area contributed by atoms with Gasteiger partial charge in [-0.2, -0.15) is 0 Å². The first-order valence-electron chi connectivity index (χ1n) is 8.00. The zero-order chi connectivity index (χ0) is 16.7. The summed E-state index contributed by atoms with van der Waals surface area (Å²) in [6.07, 6.45) is -0.762. The number of hydrogen-bond donors (Lipinski definition) is 3. The van der Waals surface area contributed by atoms with Gasteiger partial charge in [0.1, 0.15) is 18.0 Å². The van der Waals surface area contributed by atoms with Gasteiger partial charge in [0.25, 0.3) is 0 Å². The minimum absolute atomic E-state index is 0.0640. The van der Waals surface area contributed by atoms with Crippen LogP contribution in [0.3, 0.4) is 0 Å². The molecular weight excluding hydrogens is 300 g/mol. The molecular formula is C17H26O6. The number of benzene rings is 1. The van der Waals surface area contributed by atoms with Crippen molar-refractivity contribution in [3.8, 4) is 5.75 Å². The minimum Gasteiger partial charge on any atom is -0.497 e. The quantitative estimate of drug-likeness (QED) is 0.657. The highest BCUT2D eigenvalue weighted by atomic mass is 16.7. The van der Waals surface area contributed by atoms with E-state index in [1.54, 1.807) is 19.2 Å². The van der Waals surface area contributed by atoms with Crippen molar-refractivity contribution in [2.45, 2.75) is 50.3 Å². The number of aliphatic hydroxyl groups is 3. The topological polar surface area (TPSA) is 88.4 Å². The van der Waals surface area contributed by atoms with Crippen molar-refractivity contribution in [3.05, 3.63) is 29.8 Å². The van der Waals surface area contributed by atoms with Gasteiger partial charge >= 0.3 is 0 Å². The summed E-state index contributed by atoms with van der Waals surface area (Å²) in [6, 6.07) is 7.20. The molecule has 0 aromatic heterocycles. The van der Waals surface area contributed by atoms with E-state index in [1.807, 2.05) is 12.1 Å². The maximum absolute atomic E-state index is 10.1. The number of ether oxygens (including phenoxy) is 3. The largest absolute Gasteiger partial charge is 0.497 e. The summed E-state index contributed by atoms with van der Waals surface area (Å²) in [6.45, 7) is 0.592. The van der Waals surface area contributed by atoms with Gasteiger partial charge in [-0.05, 0) is 37.0 Å². The number of methoxy groups -OCH3 is 1. The van der Waals surface area contributed by atoms with Crippen molar-refractivity contribution in [1.82, 2.24) is 0 Å². The molecule has 1 unspecified atom stereocenters. The molecule has 2 rings (SSSR count). The first-order valence-corrected chi connectivity index (χ1v) is 8.00. The van der Waals surface area contributed by atoms with Gasteiger partial charge in [0.05, 0.1) is 19.8 Å². The Bertz CT molecular complexity index is 443. The van der Waals surface area contributed by atoms with Gasteiger partial charge in [0.2, 0.25) is 0 Å². The van der Waals surface area contributed by atoms with Crippen molar-refractivity contribution < 1.29 is 29.5 Å². The molecule has 0 amide bonds. The second-order valence-electron chi connectivity index (χ2n) is 5.81. The van der Waals surface area contributed by atoms with E-state index < -0.39 is 18.3 Å². The molecule has 4 atom stereocenters. The number of aliphatic hydroxyl groups excluding tert-OH is 3. The SMILES string of the molecule is COc1ccc(C[C@@H](O)[C@@H](O)[C@@H](O)COC2CCCCO2)cc1. The van der Waals surface area contributed by atoms with Gasteiger partial charge in [0, 0.05) is 13.0 Å². The van der Waals surface area contributed by atoms with Crippen LogP contribution in [0.5, 0.6) is 5.75 Å². The van der Waals surface area contributed by atoms with Crippen LogP contribution >= 0.6 is 0 Å². The van der Waals surface area contributed by atoms with Crippen LogP contribution in [0, 0.1) is 0 Å². The lowest BCUT2D eigenvalue weighted by Crippen LogP contribution is -2.42. The first-order chi connectivity index (χ1) is 11.1. The fraction of sp³-hybridized carbons (Fsp3) is 0.647. The van der Waals surface area contributed by atoms with Crippen LogP contribution < -0.4 is 4.74 Å². The van der Waals surface area contributed by atoms with Crippen LogP contribution in [0.1, 0.15) is 24.8 Å². The van der Waals surface area contributed by atoms with Crippen LogP contribution in [-0.2, 0) is 15.9 Å². The van der Waals surface area contributed by atoms with Crippen molar-refractivity contribution >= 4 is 0 Å². The van der Waals surface area contributed by atoms with Gasteiger partial charge < -0.3 is 29.5 Å². The molecule has 0 saturated carbocycles. The molecule has 6 nitrogen and oxygen atoms in total. The highest BCUT2D eigenvalue weighted by Crippen LogP contribution is 2.16. The van der Waals surface area contributed by atoms with Crippen molar-refractivity contribution in [2.75, 3.05) is 20.3 Å². The van der Waals surface area contributed by atoms with Crippen LogP contribution in [0.25, 0.3) is 0 Å². The molecule has 1 heterocycles. The van der Waals surface area contributed by atoms with Gasteiger partial charge in [-0.3, -0.25) is 0 Å². The van der Waals surface area contributed by atoms with Gasteiger partial charge in [0.15, 0.2) is 6.29 Å². The van der Waals surface area contributed by atoms with E-state index in [1.165, 1.54) is 0 Å². The molecule has 0 aliphatic carbocycles. The lowest BCUT2D eigenvalue weighted by atomic mass is 10.0. The normalized spacial score (nSPS) is 22.3. The Balaban J connectivity index is 1.76. The lowest BCUT2D eigenvalue weighted by molar-refractivity contribution is -0.188. The Morgan fingerprint density at radius 2 is 1.87 bits per heavy atom. The number of hydrogen-bond acceptors (Lipinski definition) is 6. The Kier molecular flexibility index (Phi) is 7.26. The minimum atomic E-state index is -1.28. The molecule has 1 aromatic carbocycles. The van der Waals surface area contributed by atoms with E-state index in [9.17, 15) is 15.3 Å². The zero-order valence-corrected chi connectivity index (χ0v) is 13.4. The van der Waals surface area contributed by atoms with Gasteiger partial charge in [-0.1, -0.05) is 12.1 Å². The van der Waals surface area contributed by atoms with E-state index in [-0.39, 0.29) is 19.3 Å². The third-order valence-electron chi connectivity index (χ3n) is 3.98. The van der Waals surface area contributed by atoms with Crippen LogP contribution in [0.15, 0.2) is 24.3 Å². The maximum atomic E-state index is 10.1. The molecule has 1 saturated heterocycles. The van der Waals surface area contributed by atoms with Crippen LogP contribution in [0.4, 0.5) is 0 Å². The molecule has 23 heavy (non-hydrogen) atoms. The molecule has 1 aliphatic rings. The highest BCUT2D eigenvalue weighted by Gasteiger charge is 2.26. The highest BCUT2D eigenvalue weighted by molar-refractivity contribution is 5.27. The summed E-state index contributed by atoms with van der Waals surface area (Å²) >= 11 is 0. The Morgan fingerprint density at radius 3 is 2.48 bits per heavy atom. The summed E-state index contributed by atoms with van der Waals surface area (Å²) in [5, 5.41) is 30.1. The summed E-state index contributed by atoms with van der Waals surface area (Å²) in [7, 11) is 1.58. The summed E-state index contributed by atoms with van der Waals surface area (Å²) in [4.78, 5) is 0. The molecule has 0 radical (unpaired) electrons. The lowest BCUT2D eigenvalue weighted by Gasteiger charge is -2.27. The molecule has 6 heteroatoms. The predicted octanol–water partition coefficient (Wildman–Crippen LogP) is 0.864. The Morgan fingerprint density at radius 1 is 1.13 bits per heavy atom. The predicted molar refractivity (Wildman–Crippen MR) is 84.3 cm³/mol. The van der Waals surface area contributed by atoms with Gasteiger partial charge in [-0.15, -0.1) is 0 Å². The second kappa shape index (κ2) is 9.20. The zero-order valence-electron chi connectivity index (χ0n) is 13.4. The molecule has 3 N–H and O–H groups in total. The summed E-state index contributed by atoms with van der Waals surface area (Å²) in [5.74, 6) is 0.727. The van der Waals surface area contributed by atoms with E-state index in [4.69, 9.17) is 14.2 Å². The van der Waals surface area contributed by atoms with E-state index >= 15 is 0 Å². The molecule has 130 valence electrons. The summed E-state index contributed by atoms with van der Waals surface area (Å²) < 4.78 is 15.9. The Labute approximate surface area is 136 Å². The van der Waals surface area contributed by atoms with Crippen LogP contribution in [0.2, 0.25) is 0 Å². The average Bonchev–Trinajstić information content (AvgIpc) is 2.60. The number of rotatable bonds is 8. The van der Waals surface area contributed by atoms with Gasteiger partial charge in [-0.25, -0.2) is 0 Å². The molecule has 1 aromatic rings. The average molecular weight is 326 g/mol. The second-order valence-corrected chi connectivity index (χ2v) is 5.81. The van der Waals surface area contributed by atoms with Crippen LogP contribution in [-0.4, -0.2) is 60.2 Å². The van der Waals surface area contributed by atoms with Crippen molar-refractivity contribution in [3.63, 3.8) is 0 Å².